The van der Waals surface area contributed by atoms with Crippen molar-refractivity contribution in [1.82, 2.24) is 24.5 Å². The highest BCUT2D eigenvalue weighted by Gasteiger charge is 2.22. The summed E-state index contributed by atoms with van der Waals surface area (Å²) in [6, 6.07) is 21.5. The predicted octanol–water partition coefficient (Wildman–Crippen LogP) is 4.76. The van der Waals surface area contributed by atoms with Gasteiger partial charge in [0.2, 0.25) is 11.7 Å². The van der Waals surface area contributed by atoms with Crippen molar-refractivity contribution in [2.75, 3.05) is 0 Å². The van der Waals surface area contributed by atoms with E-state index < -0.39 is 5.25 Å². The molecule has 1 N–H and O–H groups in total. The first-order valence-electron chi connectivity index (χ1n) is 11.8. The molecule has 8 heteroatoms. The third-order valence-corrected chi connectivity index (χ3v) is 7.28. The van der Waals surface area contributed by atoms with E-state index in [9.17, 15) is 9.59 Å². The zero-order valence-corrected chi connectivity index (χ0v) is 21.5. The van der Waals surface area contributed by atoms with E-state index in [2.05, 4.69) is 15.5 Å². The summed E-state index contributed by atoms with van der Waals surface area (Å²) in [7, 11) is 0. The number of hydrogen-bond acceptors (Lipinski definition) is 5. The smallest absolute Gasteiger partial charge is 0.267 e. The molecule has 0 aliphatic rings. The lowest BCUT2D eigenvalue weighted by Crippen LogP contribution is -2.30. The molecule has 0 radical (unpaired) electrons. The number of thioether (sulfide) groups is 1. The van der Waals surface area contributed by atoms with Gasteiger partial charge < -0.3 is 5.32 Å². The molecule has 0 aliphatic carbocycles. The average Bonchev–Trinajstić information content (AvgIpc) is 3.29. The van der Waals surface area contributed by atoms with Gasteiger partial charge in [0.05, 0.1) is 21.8 Å². The van der Waals surface area contributed by atoms with Gasteiger partial charge in [-0.1, -0.05) is 65.9 Å². The van der Waals surface area contributed by atoms with E-state index in [0.29, 0.717) is 28.4 Å². The lowest BCUT2D eigenvalue weighted by atomic mass is 10.1. The largest absolute Gasteiger partial charge is 0.351 e. The molecule has 5 aromatic rings. The number of fused-ring (bicyclic) bond motifs is 3. The van der Waals surface area contributed by atoms with Crippen LogP contribution in [0.15, 0.2) is 76.7 Å². The summed E-state index contributed by atoms with van der Waals surface area (Å²) < 4.78 is 3.48. The van der Waals surface area contributed by atoms with E-state index in [4.69, 9.17) is 0 Å². The normalized spacial score (nSPS) is 12.2. The van der Waals surface area contributed by atoms with Gasteiger partial charge in [0.15, 0.2) is 5.16 Å². The van der Waals surface area contributed by atoms with Crippen molar-refractivity contribution in [3.05, 3.63) is 99.3 Å². The molecule has 3 aromatic carbocycles. The molecular formula is C28H27N5O2S. The Morgan fingerprint density at radius 1 is 0.972 bits per heavy atom. The van der Waals surface area contributed by atoms with Crippen LogP contribution in [0.2, 0.25) is 0 Å². The van der Waals surface area contributed by atoms with Crippen molar-refractivity contribution in [2.45, 2.75) is 44.6 Å². The van der Waals surface area contributed by atoms with Crippen molar-refractivity contribution < 1.29 is 4.79 Å². The molecule has 1 amide bonds. The molecule has 2 aromatic heterocycles. The monoisotopic (exact) mass is 497 g/mol. The number of carbonyl (C=O) groups excluding carboxylic acids is 1. The van der Waals surface area contributed by atoms with Gasteiger partial charge in [-0.05, 0) is 62.6 Å². The number of aryl methyl sites for hydroxylation is 3. The lowest BCUT2D eigenvalue weighted by Gasteiger charge is -2.15. The molecule has 0 saturated heterocycles. The number of benzene rings is 3. The Kier molecular flexibility index (Phi) is 6.36. The first kappa shape index (κ1) is 23.8. The van der Waals surface area contributed by atoms with Crippen molar-refractivity contribution in [2.24, 2.45) is 0 Å². The van der Waals surface area contributed by atoms with Gasteiger partial charge in [-0.25, -0.2) is 4.57 Å². The van der Waals surface area contributed by atoms with Crippen LogP contribution in [0.3, 0.4) is 0 Å². The second-order valence-electron chi connectivity index (χ2n) is 9.03. The topological polar surface area (TPSA) is 81.3 Å². The second kappa shape index (κ2) is 9.62. The Bertz CT molecular complexity index is 1650. The molecule has 7 nitrogen and oxygen atoms in total. The summed E-state index contributed by atoms with van der Waals surface area (Å²) in [5.41, 5.74) is 5.55. The molecule has 1 atom stereocenters. The summed E-state index contributed by atoms with van der Waals surface area (Å²) >= 11 is 1.32. The van der Waals surface area contributed by atoms with Gasteiger partial charge in [0.1, 0.15) is 0 Å². The number of para-hydroxylation sites is 1. The highest BCUT2D eigenvalue weighted by molar-refractivity contribution is 8.00. The summed E-state index contributed by atoms with van der Waals surface area (Å²) in [6.45, 7) is 8.31. The average molecular weight is 498 g/mol. The highest BCUT2D eigenvalue weighted by Crippen LogP contribution is 2.27. The van der Waals surface area contributed by atoms with Gasteiger partial charge in [-0.3, -0.25) is 14.0 Å². The van der Waals surface area contributed by atoms with Gasteiger partial charge in [-0.15, -0.1) is 10.2 Å². The van der Waals surface area contributed by atoms with Crippen LogP contribution in [-0.2, 0) is 11.3 Å². The maximum absolute atomic E-state index is 13.6. The van der Waals surface area contributed by atoms with Crippen LogP contribution in [0.5, 0.6) is 0 Å². The van der Waals surface area contributed by atoms with Crippen LogP contribution in [-0.4, -0.2) is 30.3 Å². The van der Waals surface area contributed by atoms with Crippen LogP contribution in [0.1, 0.15) is 29.2 Å². The highest BCUT2D eigenvalue weighted by atomic mass is 32.2. The van der Waals surface area contributed by atoms with Crippen LogP contribution in [0.25, 0.3) is 22.4 Å². The summed E-state index contributed by atoms with van der Waals surface area (Å²) in [4.78, 5) is 26.5. The summed E-state index contributed by atoms with van der Waals surface area (Å²) in [6.07, 6.45) is 0. The third-order valence-electron chi connectivity index (χ3n) is 6.24. The van der Waals surface area contributed by atoms with Crippen molar-refractivity contribution in [3.63, 3.8) is 0 Å². The minimum Gasteiger partial charge on any atom is -0.351 e. The standard InChI is InChI=1S/C28H27N5O2S/c1-17-10-13-21(14-11-17)16-29-25(34)20(4)36-28-31-30-27-32(24-15-18(2)9-12-19(24)3)26(35)22-7-5-6-8-23(22)33(27)28/h5-15,20H,16H2,1-4H3,(H,29,34). The Morgan fingerprint density at radius 2 is 1.69 bits per heavy atom. The zero-order chi connectivity index (χ0) is 25.4. The fourth-order valence-electron chi connectivity index (χ4n) is 4.18. The summed E-state index contributed by atoms with van der Waals surface area (Å²) in [5.74, 6) is 0.326. The van der Waals surface area contributed by atoms with Gasteiger partial charge >= 0.3 is 0 Å². The lowest BCUT2D eigenvalue weighted by molar-refractivity contribution is -0.120. The van der Waals surface area contributed by atoms with Gasteiger partial charge in [0, 0.05) is 6.54 Å². The van der Waals surface area contributed by atoms with Crippen LogP contribution < -0.4 is 10.9 Å². The third kappa shape index (κ3) is 4.40. The minimum atomic E-state index is -0.414. The fourth-order valence-corrected chi connectivity index (χ4v) is 5.06. The quantitative estimate of drug-likeness (QED) is 0.342. The Balaban J connectivity index is 1.53. The van der Waals surface area contributed by atoms with E-state index in [-0.39, 0.29) is 11.5 Å². The number of carbonyl (C=O) groups is 1. The Morgan fingerprint density at radius 3 is 2.47 bits per heavy atom. The number of amides is 1. The van der Waals surface area contributed by atoms with Crippen LogP contribution in [0.4, 0.5) is 0 Å². The molecule has 0 spiro atoms. The molecule has 2 heterocycles. The fraction of sp³-hybridized carbons (Fsp3) is 0.214. The second-order valence-corrected chi connectivity index (χ2v) is 10.3. The van der Waals surface area contributed by atoms with E-state index in [0.717, 1.165) is 22.4 Å². The van der Waals surface area contributed by atoms with Crippen LogP contribution >= 0.6 is 11.8 Å². The number of hydrogen-bond donors (Lipinski definition) is 1. The number of nitrogens with one attached hydrogen (secondary N) is 1. The molecule has 0 bridgehead atoms. The first-order valence-corrected chi connectivity index (χ1v) is 12.7. The molecule has 0 saturated carbocycles. The molecule has 1 unspecified atom stereocenters. The van der Waals surface area contributed by atoms with Gasteiger partial charge in [-0.2, -0.15) is 0 Å². The van der Waals surface area contributed by atoms with Gasteiger partial charge in [0.25, 0.3) is 5.56 Å². The van der Waals surface area contributed by atoms with E-state index in [1.54, 1.807) is 4.57 Å². The number of rotatable bonds is 6. The number of aromatic nitrogens is 4. The van der Waals surface area contributed by atoms with E-state index >= 15 is 0 Å². The van der Waals surface area contributed by atoms with Crippen molar-refractivity contribution >= 4 is 34.3 Å². The molecule has 36 heavy (non-hydrogen) atoms. The number of nitrogens with zero attached hydrogens (tertiary/aromatic N) is 4. The first-order chi connectivity index (χ1) is 17.3. The Hall–Kier alpha value is -3.91. The van der Waals surface area contributed by atoms with Crippen molar-refractivity contribution in [3.8, 4) is 5.69 Å². The molecule has 0 aliphatic heterocycles. The molecule has 5 rings (SSSR count). The predicted molar refractivity (Wildman–Crippen MR) is 144 cm³/mol. The Labute approximate surface area is 213 Å². The summed E-state index contributed by atoms with van der Waals surface area (Å²) in [5, 5.41) is 12.5. The molecule has 182 valence electrons. The maximum atomic E-state index is 13.6. The maximum Gasteiger partial charge on any atom is 0.267 e. The van der Waals surface area contributed by atoms with E-state index in [1.807, 2.05) is 98.8 Å². The van der Waals surface area contributed by atoms with Crippen LogP contribution in [0, 0.1) is 20.8 Å². The zero-order valence-electron chi connectivity index (χ0n) is 20.6. The van der Waals surface area contributed by atoms with E-state index in [1.165, 1.54) is 17.3 Å². The molecule has 0 fully saturated rings. The SMILES string of the molecule is Cc1ccc(CNC(=O)C(C)Sc2nnc3n(-c4cc(C)ccc4C)c(=O)c4ccccc4n23)cc1. The molecular weight excluding hydrogens is 470 g/mol. The van der Waals surface area contributed by atoms with Crippen molar-refractivity contribution in [1.29, 1.82) is 0 Å². The minimum absolute atomic E-state index is 0.0931.